The second-order valence-electron chi connectivity index (χ2n) is 6.66. The molecule has 1 atom stereocenters. The molecule has 0 bridgehead atoms. The fourth-order valence-electron chi connectivity index (χ4n) is 3.39. The summed E-state index contributed by atoms with van der Waals surface area (Å²) in [6, 6.07) is 14.6. The Bertz CT molecular complexity index is 1090. The number of methoxy groups -OCH3 is 2. The largest absolute Gasteiger partial charge is 0.497 e. The molecule has 0 saturated carbocycles. The Hall–Kier alpha value is -3.25. The molecule has 1 N–H and O–H groups in total. The second-order valence-corrected chi connectivity index (χ2v) is 7.07. The third-order valence-electron chi connectivity index (χ3n) is 4.93. The minimum atomic E-state index is -0.529. The van der Waals surface area contributed by atoms with Crippen molar-refractivity contribution in [3.05, 3.63) is 76.6 Å². The predicted molar refractivity (Wildman–Crippen MR) is 113 cm³/mol. The fraction of sp³-hybridized carbons (Fsp3) is 0.182. The van der Waals surface area contributed by atoms with Crippen LogP contribution in [0.2, 0.25) is 5.02 Å². The number of benzene rings is 2. The lowest BCUT2D eigenvalue weighted by molar-refractivity contribution is 0.0992. The van der Waals surface area contributed by atoms with Crippen LogP contribution in [-0.4, -0.2) is 25.1 Å². The molecule has 0 saturated heterocycles. The van der Waals surface area contributed by atoms with E-state index in [9.17, 15) is 4.79 Å². The average Bonchev–Trinajstić information content (AvgIpc) is 3.02. The molecule has 1 aliphatic heterocycles. The van der Waals surface area contributed by atoms with Gasteiger partial charge in [-0.3, -0.25) is 14.7 Å². The maximum atomic E-state index is 13.3. The molecule has 1 aromatic heterocycles. The average molecular weight is 410 g/mol. The fourth-order valence-corrected chi connectivity index (χ4v) is 3.57. The first-order chi connectivity index (χ1) is 14.0. The van der Waals surface area contributed by atoms with Gasteiger partial charge in [-0.05, 0) is 48.9 Å². The Balaban J connectivity index is 1.83. The zero-order chi connectivity index (χ0) is 20.5. The summed E-state index contributed by atoms with van der Waals surface area (Å²) >= 11 is 6.30. The molecule has 0 aliphatic carbocycles. The van der Waals surface area contributed by atoms with Crippen molar-refractivity contribution < 1.29 is 14.3 Å². The minimum Gasteiger partial charge on any atom is -0.497 e. The lowest BCUT2D eigenvalue weighted by atomic mass is 10.2. The van der Waals surface area contributed by atoms with Crippen molar-refractivity contribution >= 4 is 28.9 Å². The number of amides is 1. The van der Waals surface area contributed by atoms with Gasteiger partial charge in [0.1, 0.15) is 11.5 Å². The highest BCUT2D eigenvalue weighted by molar-refractivity contribution is 6.31. The number of carbonyl (C=O) groups is 1. The molecule has 1 amide bonds. The van der Waals surface area contributed by atoms with E-state index in [2.05, 4.69) is 10.3 Å². The molecular weight excluding hydrogens is 390 g/mol. The van der Waals surface area contributed by atoms with Gasteiger partial charge in [0, 0.05) is 23.0 Å². The van der Waals surface area contributed by atoms with Crippen LogP contribution < -0.4 is 19.7 Å². The van der Waals surface area contributed by atoms with Gasteiger partial charge in [-0.15, -0.1) is 0 Å². The van der Waals surface area contributed by atoms with Crippen LogP contribution in [0.1, 0.15) is 27.8 Å². The number of halogens is 1. The Morgan fingerprint density at radius 3 is 2.66 bits per heavy atom. The standard InChI is InChI=1S/C22H20ClN3O3/c1-13-6-7-14(11-17(13)23)25-21-20-16(5-4-10-24-20)22(27)26(21)18-12-15(28-2)8-9-19(18)29-3/h4-12,21,25H,1-3H3. The lowest BCUT2D eigenvalue weighted by Crippen LogP contribution is -2.32. The molecule has 0 spiro atoms. The number of hydrogen-bond acceptors (Lipinski definition) is 5. The highest BCUT2D eigenvalue weighted by Gasteiger charge is 2.40. The second kappa shape index (κ2) is 7.64. The Morgan fingerprint density at radius 1 is 1.10 bits per heavy atom. The zero-order valence-electron chi connectivity index (χ0n) is 16.3. The van der Waals surface area contributed by atoms with Crippen molar-refractivity contribution in [3.63, 3.8) is 0 Å². The van der Waals surface area contributed by atoms with Crippen molar-refractivity contribution in [3.8, 4) is 11.5 Å². The zero-order valence-corrected chi connectivity index (χ0v) is 17.0. The van der Waals surface area contributed by atoms with Gasteiger partial charge in [-0.2, -0.15) is 0 Å². The highest BCUT2D eigenvalue weighted by Crippen LogP contribution is 2.42. The van der Waals surface area contributed by atoms with E-state index in [1.165, 1.54) is 0 Å². The van der Waals surface area contributed by atoms with Gasteiger partial charge in [0.2, 0.25) is 0 Å². The van der Waals surface area contributed by atoms with Crippen LogP contribution >= 0.6 is 11.6 Å². The number of aryl methyl sites for hydroxylation is 1. The number of anilines is 2. The first kappa shape index (κ1) is 19.1. The third kappa shape index (κ3) is 3.36. The van der Waals surface area contributed by atoms with Crippen LogP contribution in [0.3, 0.4) is 0 Å². The molecule has 29 heavy (non-hydrogen) atoms. The van der Waals surface area contributed by atoms with E-state index in [-0.39, 0.29) is 5.91 Å². The number of rotatable bonds is 5. The number of pyridine rings is 1. The number of ether oxygens (including phenoxy) is 2. The van der Waals surface area contributed by atoms with Crippen molar-refractivity contribution in [2.45, 2.75) is 13.1 Å². The molecule has 4 rings (SSSR count). The number of carbonyl (C=O) groups excluding carboxylic acids is 1. The number of nitrogens with one attached hydrogen (secondary N) is 1. The van der Waals surface area contributed by atoms with E-state index in [1.54, 1.807) is 55.6 Å². The number of hydrogen-bond donors (Lipinski definition) is 1. The molecule has 1 unspecified atom stereocenters. The summed E-state index contributed by atoms with van der Waals surface area (Å²) in [4.78, 5) is 19.4. The normalized spacial score (nSPS) is 15.2. The summed E-state index contributed by atoms with van der Waals surface area (Å²) in [7, 11) is 3.15. The van der Waals surface area contributed by atoms with Gasteiger partial charge >= 0.3 is 0 Å². The van der Waals surface area contributed by atoms with Crippen LogP contribution in [0.4, 0.5) is 11.4 Å². The van der Waals surface area contributed by atoms with Gasteiger partial charge in [0.25, 0.3) is 5.91 Å². The number of nitrogens with zero attached hydrogens (tertiary/aromatic N) is 2. The monoisotopic (exact) mass is 409 g/mol. The summed E-state index contributed by atoms with van der Waals surface area (Å²) in [5.74, 6) is 1.01. The predicted octanol–water partition coefficient (Wildman–Crippen LogP) is 4.83. The minimum absolute atomic E-state index is 0.171. The molecule has 148 valence electrons. The summed E-state index contributed by atoms with van der Waals surface area (Å²) in [5, 5.41) is 4.04. The molecule has 3 aromatic rings. The van der Waals surface area contributed by atoms with Crippen molar-refractivity contribution in [2.24, 2.45) is 0 Å². The molecule has 2 aromatic carbocycles. The highest BCUT2D eigenvalue weighted by atomic mass is 35.5. The lowest BCUT2D eigenvalue weighted by Gasteiger charge is -2.28. The Labute approximate surface area is 174 Å². The third-order valence-corrected chi connectivity index (χ3v) is 5.33. The molecule has 2 heterocycles. The van der Waals surface area contributed by atoms with Gasteiger partial charge in [-0.1, -0.05) is 17.7 Å². The van der Waals surface area contributed by atoms with Crippen molar-refractivity contribution in [1.82, 2.24) is 4.98 Å². The van der Waals surface area contributed by atoms with Gasteiger partial charge in [0.05, 0.1) is 31.2 Å². The SMILES string of the molecule is COc1ccc(OC)c(N2C(=O)c3cccnc3C2Nc2ccc(C)c(Cl)c2)c1. The first-order valence-electron chi connectivity index (χ1n) is 9.06. The van der Waals surface area contributed by atoms with E-state index in [0.717, 1.165) is 11.3 Å². The van der Waals surface area contributed by atoms with E-state index in [4.69, 9.17) is 21.1 Å². The van der Waals surface area contributed by atoms with Crippen LogP contribution in [0.15, 0.2) is 54.7 Å². The van der Waals surface area contributed by atoms with Crippen LogP contribution in [-0.2, 0) is 0 Å². The first-order valence-corrected chi connectivity index (χ1v) is 9.44. The number of fused-ring (bicyclic) bond motifs is 1. The van der Waals surface area contributed by atoms with Crippen LogP contribution in [0.25, 0.3) is 0 Å². The summed E-state index contributed by atoms with van der Waals surface area (Å²) in [6.45, 7) is 1.94. The topological polar surface area (TPSA) is 63.7 Å². The smallest absolute Gasteiger partial charge is 0.262 e. The molecule has 1 aliphatic rings. The molecule has 0 radical (unpaired) electrons. The van der Waals surface area contributed by atoms with Crippen molar-refractivity contribution in [2.75, 3.05) is 24.4 Å². The quantitative estimate of drug-likeness (QED) is 0.653. The van der Waals surface area contributed by atoms with Gasteiger partial charge < -0.3 is 14.8 Å². The van der Waals surface area contributed by atoms with E-state index in [0.29, 0.717) is 33.5 Å². The van der Waals surface area contributed by atoms with Crippen LogP contribution in [0.5, 0.6) is 11.5 Å². The van der Waals surface area contributed by atoms with E-state index < -0.39 is 6.17 Å². The molecule has 6 nitrogen and oxygen atoms in total. The Morgan fingerprint density at radius 2 is 1.93 bits per heavy atom. The molecule has 0 fully saturated rings. The van der Waals surface area contributed by atoms with Crippen molar-refractivity contribution in [1.29, 1.82) is 0 Å². The summed E-state index contributed by atoms with van der Waals surface area (Å²) in [5.41, 5.74) is 3.52. The maximum absolute atomic E-state index is 13.3. The number of aromatic nitrogens is 1. The van der Waals surface area contributed by atoms with E-state index >= 15 is 0 Å². The van der Waals surface area contributed by atoms with Gasteiger partial charge in [0.15, 0.2) is 6.17 Å². The summed E-state index contributed by atoms with van der Waals surface area (Å²) in [6.07, 6.45) is 1.15. The maximum Gasteiger partial charge on any atom is 0.262 e. The van der Waals surface area contributed by atoms with Gasteiger partial charge in [-0.25, -0.2) is 0 Å². The van der Waals surface area contributed by atoms with Crippen LogP contribution in [0, 0.1) is 6.92 Å². The Kier molecular flexibility index (Phi) is 5.03. The summed E-state index contributed by atoms with van der Waals surface area (Å²) < 4.78 is 10.9. The molecular formula is C22H20ClN3O3. The van der Waals surface area contributed by atoms with E-state index in [1.807, 2.05) is 25.1 Å². The molecule has 7 heteroatoms.